The zero-order valence-corrected chi connectivity index (χ0v) is 19.8. The first-order valence-electron chi connectivity index (χ1n) is 9.29. The van der Waals surface area contributed by atoms with Gasteiger partial charge < -0.3 is 9.64 Å². The van der Waals surface area contributed by atoms with Gasteiger partial charge in [0.2, 0.25) is 15.9 Å². The van der Waals surface area contributed by atoms with Crippen LogP contribution in [-0.2, 0) is 21.4 Å². The van der Waals surface area contributed by atoms with Crippen LogP contribution in [0.5, 0.6) is 5.75 Å². The van der Waals surface area contributed by atoms with Gasteiger partial charge in [-0.05, 0) is 47.8 Å². The van der Waals surface area contributed by atoms with Crippen LogP contribution in [0.1, 0.15) is 4.88 Å². The molecule has 3 aromatic rings. The zero-order chi connectivity index (χ0) is 22.4. The van der Waals surface area contributed by atoms with Gasteiger partial charge in [0.05, 0.1) is 24.4 Å². The van der Waals surface area contributed by atoms with E-state index in [0.717, 1.165) is 20.6 Å². The third-order valence-corrected chi connectivity index (χ3v) is 8.00. The Kier molecular flexibility index (Phi) is 7.71. The third kappa shape index (κ3) is 5.85. The number of benzene rings is 1. The lowest BCUT2D eigenvalue weighted by Gasteiger charge is -2.22. The lowest BCUT2D eigenvalue weighted by Crippen LogP contribution is -2.31. The normalized spacial score (nSPS) is 11.5. The van der Waals surface area contributed by atoms with E-state index in [2.05, 4.69) is 4.98 Å². The van der Waals surface area contributed by atoms with Crippen molar-refractivity contribution in [3.63, 3.8) is 0 Å². The van der Waals surface area contributed by atoms with Gasteiger partial charge in [0.15, 0.2) is 0 Å². The van der Waals surface area contributed by atoms with E-state index in [0.29, 0.717) is 11.6 Å². The number of nitrogens with zero attached hydrogens (tertiary/aromatic N) is 3. The van der Waals surface area contributed by atoms with Crippen molar-refractivity contribution in [3.05, 3.63) is 65.0 Å². The number of carbonyl (C=O) groups excluding carboxylic acids is 1. The molecule has 3 rings (SSSR count). The first-order valence-corrected chi connectivity index (χ1v) is 12.6. The highest BCUT2D eigenvalue weighted by Crippen LogP contribution is 2.25. The van der Waals surface area contributed by atoms with Crippen LogP contribution in [0.2, 0.25) is 0 Å². The second-order valence-corrected chi connectivity index (χ2v) is 10.8. The molecule has 2 heterocycles. The molecule has 0 saturated carbocycles. The molecule has 0 aliphatic rings. The van der Waals surface area contributed by atoms with E-state index < -0.39 is 10.0 Å². The summed E-state index contributed by atoms with van der Waals surface area (Å²) in [5.41, 5.74) is 0.778. The van der Waals surface area contributed by atoms with Gasteiger partial charge in [-0.25, -0.2) is 17.7 Å². The average molecular weight is 478 g/mol. The molecule has 0 radical (unpaired) electrons. The summed E-state index contributed by atoms with van der Waals surface area (Å²) in [7, 11) is 1.01. The minimum atomic E-state index is -3.53. The van der Waals surface area contributed by atoms with E-state index in [1.165, 1.54) is 38.1 Å². The highest BCUT2D eigenvalue weighted by Gasteiger charge is 2.19. The Labute approximate surface area is 190 Å². The number of anilines is 1. The van der Waals surface area contributed by atoms with Crippen molar-refractivity contribution in [2.24, 2.45) is 0 Å². The molecule has 0 saturated heterocycles. The summed E-state index contributed by atoms with van der Waals surface area (Å²) in [5, 5.41) is 2.56. The van der Waals surface area contributed by atoms with Gasteiger partial charge in [-0.1, -0.05) is 17.8 Å². The number of hydrogen-bond acceptors (Lipinski definition) is 7. The van der Waals surface area contributed by atoms with E-state index >= 15 is 0 Å². The number of hydrogen-bond donors (Lipinski definition) is 0. The minimum Gasteiger partial charge on any atom is -0.497 e. The Morgan fingerprint density at radius 2 is 1.87 bits per heavy atom. The van der Waals surface area contributed by atoms with E-state index in [1.54, 1.807) is 29.4 Å². The standard InChI is InChI=1S/C21H23N3O4S3/c1-23(2)31(26,27)19-10-11-20(22-13-19)30-15-21(25)24(14-18-5-4-12-29-18)16-6-8-17(28-3)9-7-16/h4-13H,14-15H2,1-3H3. The van der Waals surface area contributed by atoms with Crippen molar-refractivity contribution in [3.8, 4) is 5.75 Å². The smallest absolute Gasteiger partial charge is 0.244 e. The quantitative estimate of drug-likeness (QED) is 0.437. The van der Waals surface area contributed by atoms with Crippen LogP contribution in [0.4, 0.5) is 5.69 Å². The maximum absolute atomic E-state index is 13.1. The monoisotopic (exact) mass is 477 g/mol. The highest BCUT2D eigenvalue weighted by molar-refractivity contribution is 7.99. The first-order chi connectivity index (χ1) is 14.8. The molecule has 1 amide bonds. The minimum absolute atomic E-state index is 0.0737. The number of pyridine rings is 1. The molecule has 2 aromatic heterocycles. The molecule has 0 fully saturated rings. The van der Waals surface area contributed by atoms with Crippen LogP contribution in [0.25, 0.3) is 0 Å². The molecule has 164 valence electrons. The summed E-state index contributed by atoms with van der Waals surface area (Å²) in [6, 6.07) is 14.4. The van der Waals surface area contributed by atoms with E-state index in [4.69, 9.17) is 4.74 Å². The molecule has 0 N–H and O–H groups in total. The number of thioether (sulfide) groups is 1. The second kappa shape index (κ2) is 10.3. The summed E-state index contributed by atoms with van der Waals surface area (Å²) < 4.78 is 30.7. The van der Waals surface area contributed by atoms with Crippen LogP contribution in [0.15, 0.2) is 70.0 Å². The Morgan fingerprint density at radius 1 is 1.13 bits per heavy atom. The number of aromatic nitrogens is 1. The molecule has 0 atom stereocenters. The highest BCUT2D eigenvalue weighted by atomic mass is 32.2. The van der Waals surface area contributed by atoms with Crippen LogP contribution >= 0.6 is 23.1 Å². The largest absolute Gasteiger partial charge is 0.497 e. The molecule has 10 heteroatoms. The fourth-order valence-electron chi connectivity index (χ4n) is 2.67. The van der Waals surface area contributed by atoms with Crippen molar-refractivity contribution in [2.45, 2.75) is 16.5 Å². The summed E-state index contributed by atoms with van der Waals surface area (Å²) in [4.78, 5) is 20.2. The Balaban J connectivity index is 1.72. The second-order valence-electron chi connectivity index (χ2n) is 6.67. The number of rotatable bonds is 9. The molecule has 0 bridgehead atoms. The Hall–Kier alpha value is -2.40. The van der Waals surface area contributed by atoms with Gasteiger partial charge >= 0.3 is 0 Å². The van der Waals surface area contributed by atoms with Gasteiger partial charge in [0.1, 0.15) is 10.6 Å². The number of methoxy groups -OCH3 is 1. The maximum Gasteiger partial charge on any atom is 0.244 e. The van der Waals surface area contributed by atoms with Crippen LogP contribution in [0.3, 0.4) is 0 Å². The molecule has 0 aliphatic carbocycles. The van der Waals surface area contributed by atoms with E-state index in [9.17, 15) is 13.2 Å². The molecule has 0 unspecified atom stereocenters. The number of sulfonamides is 1. The van der Waals surface area contributed by atoms with Crippen molar-refractivity contribution < 1.29 is 17.9 Å². The molecular formula is C21H23N3O4S3. The van der Waals surface area contributed by atoms with Gasteiger partial charge in [-0.15, -0.1) is 11.3 Å². The summed E-state index contributed by atoms with van der Waals surface area (Å²) in [6.45, 7) is 0.469. The Morgan fingerprint density at radius 3 is 2.42 bits per heavy atom. The van der Waals surface area contributed by atoms with Gasteiger partial charge in [0.25, 0.3) is 0 Å². The van der Waals surface area contributed by atoms with Crippen LogP contribution in [-0.4, -0.2) is 50.6 Å². The topological polar surface area (TPSA) is 79.8 Å². The van der Waals surface area contributed by atoms with Crippen molar-refractivity contribution in [2.75, 3.05) is 31.9 Å². The lowest BCUT2D eigenvalue weighted by molar-refractivity contribution is -0.116. The number of thiophene rings is 1. The SMILES string of the molecule is COc1ccc(N(Cc2cccs2)C(=O)CSc2ccc(S(=O)(=O)N(C)C)cn2)cc1. The summed E-state index contributed by atoms with van der Waals surface area (Å²) >= 11 is 2.86. The van der Waals surface area contributed by atoms with E-state index in [1.807, 2.05) is 41.8 Å². The molecule has 0 aliphatic heterocycles. The van der Waals surface area contributed by atoms with Crippen molar-refractivity contribution in [1.29, 1.82) is 0 Å². The first kappa shape index (κ1) is 23.3. The predicted molar refractivity (Wildman–Crippen MR) is 124 cm³/mol. The fourth-order valence-corrected chi connectivity index (χ4v) is 4.93. The Bertz CT molecular complexity index is 1100. The molecule has 7 nitrogen and oxygen atoms in total. The number of amides is 1. The predicted octanol–water partition coefficient (Wildman–Crippen LogP) is 3.73. The van der Waals surface area contributed by atoms with E-state index in [-0.39, 0.29) is 16.6 Å². The van der Waals surface area contributed by atoms with Crippen molar-refractivity contribution in [1.82, 2.24) is 9.29 Å². The lowest BCUT2D eigenvalue weighted by atomic mass is 10.2. The maximum atomic E-state index is 13.1. The average Bonchev–Trinajstić information content (AvgIpc) is 3.29. The van der Waals surface area contributed by atoms with Gasteiger partial charge in [0, 0.05) is 30.9 Å². The molecule has 31 heavy (non-hydrogen) atoms. The van der Waals surface area contributed by atoms with Crippen molar-refractivity contribution >= 4 is 44.7 Å². The zero-order valence-electron chi connectivity index (χ0n) is 17.4. The van der Waals surface area contributed by atoms with Crippen LogP contribution in [0, 0.1) is 0 Å². The summed E-state index contributed by atoms with van der Waals surface area (Å²) in [5.74, 6) is 0.818. The van der Waals surface area contributed by atoms with Gasteiger partial charge in [-0.3, -0.25) is 4.79 Å². The molecular weight excluding hydrogens is 454 g/mol. The van der Waals surface area contributed by atoms with Crippen LogP contribution < -0.4 is 9.64 Å². The number of ether oxygens (including phenoxy) is 1. The third-order valence-electron chi connectivity index (χ3n) is 4.41. The van der Waals surface area contributed by atoms with Gasteiger partial charge in [-0.2, -0.15) is 0 Å². The number of carbonyl (C=O) groups is 1. The fraction of sp³-hybridized carbons (Fsp3) is 0.238. The molecule has 1 aromatic carbocycles. The molecule has 0 spiro atoms. The summed E-state index contributed by atoms with van der Waals surface area (Å²) in [6.07, 6.45) is 1.31.